The molecule has 3 aromatic rings. The second kappa shape index (κ2) is 12.0. The van der Waals surface area contributed by atoms with Gasteiger partial charge in [0, 0.05) is 17.3 Å². The number of pyridine rings is 1. The fourth-order valence-corrected chi connectivity index (χ4v) is 3.56. The summed E-state index contributed by atoms with van der Waals surface area (Å²) in [6.45, 7) is -1.73. The van der Waals surface area contributed by atoms with Crippen molar-refractivity contribution in [2.24, 2.45) is 5.73 Å². The predicted octanol–water partition coefficient (Wildman–Crippen LogP) is 4.24. The highest BCUT2D eigenvalue weighted by Gasteiger charge is 2.42. The number of halogens is 7. The van der Waals surface area contributed by atoms with Crippen LogP contribution in [0.3, 0.4) is 0 Å². The molecule has 0 saturated carbocycles. The highest BCUT2D eigenvalue weighted by molar-refractivity contribution is 7.80. The number of amides is 2. The summed E-state index contributed by atoms with van der Waals surface area (Å²) in [5.74, 6) is -7.10. The number of anilines is 1. The van der Waals surface area contributed by atoms with Crippen LogP contribution in [-0.4, -0.2) is 50.6 Å². The van der Waals surface area contributed by atoms with Crippen LogP contribution < -0.4 is 26.6 Å². The molecule has 18 heteroatoms. The summed E-state index contributed by atoms with van der Waals surface area (Å²) < 4.78 is 57.4. The van der Waals surface area contributed by atoms with E-state index in [4.69, 9.17) is 45.3 Å². The monoisotopic (exact) mass is 613 g/mol. The standard InChI is InChI=1S/C20H14Cl3F4N7O3S/c21-8-4-9(16(35)31-32-19(28)38)14(11(23)5-8)30-17(36)12-6-13(37-7-20(26,27)18(24)25)33-34(12)15-10(22)2-1-3-29-15/h1-6,18H,7H2,(H,30,36)(H,31,35)(H3,28,32,38). The van der Waals surface area contributed by atoms with E-state index in [0.717, 1.165) is 10.7 Å². The second-order valence-corrected chi connectivity index (χ2v) is 8.84. The first-order chi connectivity index (χ1) is 17.8. The van der Waals surface area contributed by atoms with Gasteiger partial charge in [0.25, 0.3) is 11.8 Å². The Balaban J connectivity index is 2.01. The molecule has 2 heterocycles. The van der Waals surface area contributed by atoms with Crippen molar-refractivity contribution in [3.8, 4) is 11.7 Å². The molecule has 0 radical (unpaired) electrons. The molecule has 0 aliphatic rings. The predicted molar refractivity (Wildman–Crippen MR) is 135 cm³/mol. The number of alkyl halides is 4. The van der Waals surface area contributed by atoms with Crippen LogP contribution in [0, 0.1) is 0 Å². The third-order valence-corrected chi connectivity index (χ3v) is 5.34. The third kappa shape index (κ3) is 6.92. The van der Waals surface area contributed by atoms with E-state index in [1.54, 1.807) is 0 Å². The van der Waals surface area contributed by atoms with Crippen LogP contribution in [0.4, 0.5) is 23.2 Å². The van der Waals surface area contributed by atoms with E-state index in [2.05, 4.69) is 38.5 Å². The number of carbonyl (C=O) groups is 2. The van der Waals surface area contributed by atoms with E-state index < -0.39 is 42.3 Å². The Morgan fingerprint density at radius 2 is 1.84 bits per heavy atom. The van der Waals surface area contributed by atoms with Crippen molar-refractivity contribution in [3.63, 3.8) is 0 Å². The van der Waals surface area contributed by atoms with Gasteiger partial charge in [0.05, 0.1) is 21.3 Å². The first-order valence-corrected chi connectivity index (χ1v) is 11.5. The lowest BCUT2D eigenvalue weighted by atomic mass is 10.1. The lowest BCUT2D eigenvalue weighted by Crippen LogP contribution is -2.44. The van der Waals surface area contributed by atoms with Gasteiger partial charge in [0.1, 0.15) is 5.69 Å². The summed E-state index contributed by atoms with van der Waals surface area (Å²) in [5.41, 5.74) is 8.81. The maximum Gasteiger partial charge on any atom is 0.340 e. The van der Waals surface area contributed by atoms with Crippen molar-refractivity contribution in [2.75, 3.05) is 11.9 Å². The van der Waals surface area contributed by atoms with E-state index in [1.165, 1.54) is 30.5 Å². The van der Waals surface area contributed by atoms with Crippen molar-refractivity contribution in [1.82, 2.24) is 25.6 Å². The van der Waals surface area contributed by atoms with E-state index >= 15 is 0 Å². The smallest absolute Gasteiger partial charge is 0.340 e. The van der Waals surface area contributed by atoms with Gasteiger partial charge in [-0.2, -0.15) is 8.78 Å². The molecule has 3 rings (SSSR count). The molecule has 0 bridgehead atoms. The average Bonchev–Trinajstić information content (AvgIpc) is 3.27. The molecule has 0 unspecified atom stereocenters. The molecule has 1 aromatic carbocycles. The van der Waals surface area contributed by atoms with Crippen molar-refractivity contribution in [3.05, 3.63) is 62.9 Å². The van der Waals surface area contributed by atoms with Crippen LogP contribution in [0.1, 0.15) is 20.8 Å². The number of thiocarbonyl (C=S) groups is 1. The first kappa shape index (κ1) is 29.2. The van der Waals surface area contributed by atoms with Gasteiger partial charge in [-0.1, -0.05) is 34.8 Å². The lowest BCUT2D eigenvalue weighted by Gasteiger charge is -2.14. The molecule has 0 fully saturated rings. The number of hydrogen-bond donors (Lipinski definition) is 4. The SMILES string of the molecule is NC(=S)NNC(=O)c1cc(Cl)cc(Cl)c1NC(=O)c1cc(OCC(F)(F)C(F)F)nn1-c1ncccc1Cl. The number of nitrogens with one attached hydrogen (secondary N) is 3. The van der Waals surface area contributed by atoms with Gasteiger partial charge in [0.2, 0.25) is 5.88 Å². The molecular weight excluding hydrogens is 601 g/mol. The first-order valence-electron chi connectivity index (χ1n) is 9.96. The highest BCUT2D eigenvalue weighted by atomic mass is 35.5. The van der Waals surface area contributed by atoms with Crippen LogP contribution in [0.5, 0.6) is 5.88 Å². The number of hydrogen-bond acceptors (Lipinski definition) is 6. The van der Waals surface area contributed by atoms with Crippen LogP contribution in [0.25, 0.3) is 5.82 Å². The zero-order chi connectivity index (χ0) is 28.2. The second-order valence-electron chi connectivity index (χ2n) is 7.15. The number of aromatic nitrogens is 3. The maximum absolute atomic E-state index is 13.4. The lowest BCUT2D eigenvalue weighted by molar-refractivity contribution is -0.148. The van der Waals surface area contributed by atoms with Crippen molar-refractivity contribution >= 4 is 69.6 Å². The summed E-state index contributed by atoms with van der Waals surface area (Å²) in [7, 11) is 0. The van der Waals surface area contributed by atoms with Gasteiger partial charge in [-0.05, 0) is 36.5 Å². The average molecular weight is 615 g/mol. The van der Waals surface area contributed by atoms with Crippen molar-refractivity contribution in [1.29, 1.82) is 0 Å². The van der Waals surface area contributed by atoms with Crippen molar-refractivity contribution < 1.29 is 31.9 Å². The Kier molecular flexibility index (Phi) is 9.19. The minimum Gasteiger partial charge on any atom is -0.470 e. The molecule has 0 aliphatic carbocycles. The van der Waals surface area contributed by atoms with E-state index in [0.29, 0.717) is 0 Å². The Labute approximate surface area is 231 Å². The quantitative estimate of drug-likeness (QED) is 0.168. The van der Waals surface area contributed by atoms with E-state index in [9.17, 15) is 27.2 Å². The number of rotatable bonds is 8. The van der Waals surface area contributed by atoms with Gasteiger partial charge in [0.15, 0.2) is 17.5 Å². The Bertz CT molecular complexity index is 1390. The summed E-state index contributed by atoms with van der Waals surface area (Å²) in [5, 5.41) is 5.83. The largest absolute Gasteiger partial charge is 0.470 e. The molecule has 0 atom stereocenters. The highest BCUT2D eigenvalue weighted by Crippen LogP contribution is 2.32. The van der Waals surface area contributed by atoms with Gasteiger partial charge in [-0.3, -0.25) is 20.4 Å². The molecule has 0 spiro atoms. The molecule has 2 aromatic heterocycles. The van der Waals surface area contributed by atoms with Gasteiger partial charge < -0.3 is 15.8 Å². The number of nitrogens with zero attached hydrogens (tertiary/aromatic N) is 3. The number of carbonyl (C=O) groups excluding carboxylic acids is 2. The Morgan fingerprint density at radius 3 is 2.47 bits per heavy atom. The summed E-state index contributed by atoms with van der Waals surface area (Å²) >= 11 is 22.9. The fourth-order valence-electron chi connectivity index (χ4n) is 2.76. The number of nitrogens with two attached hydrogens (primary N) is 1. The summed E-state index contributed by atoms with van der Waals surface area (Å²) in [6, 6.07) is 6.14. The molecule has 202 valence electrons. The van der Waals surface area contributed by atoms with Gasteiger partial charge in [-0.15, -0.1) is 5.10 Å². The molecule has 0 aliphatic heterocycles. The minimum absolute atomic E-state index is 0.0115. The number of hydrazine groups is 1. The molecule has 10 nitrogen and oxygen atoms in total. The van der Waals surface area contributed by atoms with Crippen LogP contribution in [0.2, 0.25) is 15.1 Å². The molecule has 38 heavy (non-hydrogen) atoms. The molecular formula is C20H14Cl3F4N7O3S. The third-order valence-electron chi connectivity index (χ3n) is 4.43. The Morgan fingerprint density at radius 1 is 1.13 bits per heavy atom. The molecule has 0 saturated heterocycles. The van der Waals surface area contributed by atoms with Crippen LogP contribution in [-0.2, 0) is 0 Å². The molecule has 5 N–H and O–H groups in total. The van der Waals surface area contributed by atoms with Gasteiger partial charge in [-0.25, -0.2) is 18.4 Å². The Hall–Kier alpha value is -3.40. The topological polar surface area (TPSA) is 136 Å². The van der Waals surface area contributed by atoms with Gasteiger partial charge >= 0.3 is 12.3 Å². The summed E-state index contributed by atoms with van der Waals surface area (Å²) in [4.78, 5) is 29.9. The van der Waals surface area contributed by atoms with E-state index in [-0.39, 0.29) is 37.2 Å². The number of ether oxygens (including phenoxy) is 1. The van der Waals surface area contributed by atoms with Crippen molar-refractivity contribution in [2.45, 2.75) is 12.3 Å². The minimum atomic E-state index is -4.49. The van der Waals surface area contributed by atoms with Crippen LogP contribution in [0.15, 0.2) is 36.5 Å². The molecule has 2 amide bonds. The normalized spacial score (nSPS) is 11.3. The fraction of sp³-hybridized carbons (Fsp3) is 0.150. The zero-order valence-electron chi connectivity index (χ0n) is 18.4. The zero-order valence-corrected chi connectivity index (χ0v) is 21.5. The van der Waals surface area contributed by atoms with Crippen LogP contribution >= 0.6 is 47.0 Å². The maximum atomic E-state index is 13.4. The number of benzene rings is 1. The summed E-state index contributed by atoms with van der Waals surface area (Å²) in [6.07, 6.45) is -2.71. The van der Waals surface area contributed by atoms with E-state index in [1.807, 2.05) is 0 Å².